The maximum absolute atomic E-state index is 10.4. The van der Waals surface area contributed by atoms with Gasteiger partial charge in [0.05, 0.1) is 24.3 Å². The summed E-state index contributed by atoms with van der Waals surface area (Å²) in [7, 11) is 1.90. The highest BCUT2D eigenvalue weighted by Gasteiger charge is 2.32. The van der Waals surface area contributed by atoms with E-state index >= 15 is 0 Å². The van der Waals surface area contributed by atoms with Crippen LogP contribution in [0.3, 0.4) is 0 Å². The topological polar surface area (TPSA) is 96.6 Å². The Balaban J connectivity index is 1.36. The van der Waals surface area contributed by atoms with Crippen molar-refractivity contribution in [2.24, 2.45) is 13.0 Å². The molecule has 0 saturated heterocycles. The first-order chi connectivity index (χ1) is 12.2. The molecule has 1 fully saturated rings. The minimum atomic E-state index is -0.321. The molecule has 0 aromatic carbocycles. The minimum absolute atomic E-state index is 0.0972. The third kappa shape index (κ3) is 3.49. The van der Waals surface area contributed by atoms with Gasteiger partial charge in [-0.05, 0) is 24.8 Å². The highest BCUT2D eigenvalue weighted by Crippen LogP contribution is 2.28. The fourth-order valence-corrected chi connectivity index (χ4v) is 3.64. The van der Waals surface area contributed by atoms with Gasteiger partial charge in [0, 0.05) is 50.3 Å². The molecule has 0 amide bonds. The molecule has 4 rings (SSSR count). The zero-order valence-electron chi connectivity index (χ0n) is 14.2. The van der Waals surface area contributed by atoms with E-state index in [9.17, 15) is 5.11 Å². The number of aromatic nitrogens is 6. The Hall–Kier alpha value is -2.45. The molecule has 132 valence electrons. The number of aryl methyl sites for hydroxylation is 1. The molecule has 1 saturated carbocycles. The van der Waals surface area contributed by atoms with Gasteiger partial charge < -0.3 is 15.0 Å². The van der Waals surface area contributed by atoms with Gasteiger partial charge in [-0.2, -0.15) is 10.2 Å². The van der Waals surface area contributed by atoms with E-state index in [2.05, 4.69) is 30.2 Å². The quantitative estimate of drug-likeness (QED) is 0.620. The van der Waals surface area contributed by atoms with E-state index in [1.54, 1.807) is 10.9 Å². The van der Waals surface area contributed by atoms with Gasteiger partial charge in [-0.1, -0.05) is 0 Å². The van der Waals surface area contributed by atoms with E-state index in [1.807, 2.05) is 38.0 Å². The van der Waals surface area contributed by atoms with E-state index in [1.165, 1.54) is 0 Å². The van der Waals surface area contributed by atoms with E-state index in [4.69, 9.17) is 0 Å². The summed E-state index contributed by atoms with van der Waals surface area (Å²) in [6.07, 6.45) is 10.8. The average Bonchev–Trinajstić information content (AvgIpc) is 3.34. The molecule has 3 N–H and O–H groups in total. The SMILES string of the molecule is Cn1ccc(-c2[nH]ncc2CN[C@@H]2CC(Cn3ccnc3)C[C@H]2O)n1. The van der Waals surface area contributed by atoms with Crippen molar-refractivity contribution in [3.8, 4) is 11.4 Å². The first-order valence-electron chi connectivity index (χ1n) is 8.58. The Bertz CT molecular complexity index is 807. The van der Waals surface area contributed by atoms with Gasteiger partial charge in [0.15, 0.2) is 0 Å². The Morgan fingerprint density at radius 3 is 3.04 bits per heavy atom. The van der Waals surface area contributed by atoms with Crippen molar-refractivity contribution < 1.29 is 5.11 Å². The number of hydrogen-bond acceptors (Lipinski definition) is 5. The van der Waals surface area contributed by atoms with Crippen molar-refractivity contribution in [1.82, 2.24) is 34.8 Å². The first kappa shape index (κ1) is 16.0. The lowest BCUT2D eigenvalue weighted by atomic mass is 10.1. The molecule has 3 aromatic heterocycles. The van der Waals surface area contributed by atoms with Gasteiger partial charge in [-0.25, -0.2) is 4.98 Å². The maximum Gasteiger partial charge on any atom is 0.110 e. The number of H-pyrrole nitrogens is 1. The Kier molecular flexibility index (Phi) is 4.37. The van der Waals surface area contributed by atoms with Crippen LogP contribution in [0, 0.1) is 5.92 Å². The van der Waals surface area contributed by atoms with E-state index in [0.29, 0.717) is 12.5 Å². The molecule has 0 bridgehead atoms. The van der Waals surface area contributed by atoms with Crippen molar-refractivity contribution in [3.05, 3.63) is 42.7 Å². The second-order valence-electron chi connectivity index (χ2n) is 6.80. The van der Waals surface area contributed by atoms with Crippen LogP contribution in [0.25, 0.3) is 11.4 Å². The summed E-state index contributed by atoms with van der Waals surface area (Å²) >= 11 is 0. The molecule has 0 aliphatic heterocycles. The summed E-state index contributed by atoms with van der Waals surface area (Å²) in [5, 5.41) is 25.5. The highest BCUT2D eigenvalue weighted by atomic mass is 16.3. The highest BCUT2D eigenvalue weighted by molar-refractivity contribution is 5.57. The molecule has 8 nitrogen and oxygen atoms in total. The molecule has 1 unspecified atom stereocenters. The summed E-state index contributed by atoms with van der Waals surface area (Å²) in [6.45, 7) is 1.56. The van der Waals surface area contributed by atoms with Crippen LogP contribution < -0.4 is 5.32 Å². The van der Waals surface area contributed by atoms with Crippen LogP contribution in [0.2, 0.25) is 0 Å². The molecular formula is C17H23N7O. The summed E-state index contributed by atoms with van der Waals surface area (Å²) < 4.78 is 3.85. The summed E-state index contributed by atoms with van der Waals surface area (Å²) in [5.74, 6) is 0.460. The lowest BCUT2D eigenvalue weighted by Crippen LogP contribution is -2.35. The fraction of sp³-hybridized carbons (Fsp3) is 0.471. The van der Waals surface area contributed by atoms with Crippen LogP contribution in [0.4, 0.5) is 0 Å². The number of nitrogens with zero attached hydrogens (tertiary/aromatic N) is 5. The predicted molar refractivity (Wildman–Crippen MR) is 92.4 cm³/mol. The fourth-order valence-electron chi connectivity index (χ4n) is 3.64. The smallest absolute Gasteiger partial charge is 0.110 e. The van der Waals surface area contributed by atoms with E-state index in [-0.39, 0.29) is 12.1 Å². The van der Waals surface area contributed by atoms with Crippen LogP contribution in [-0.4, -0.2) is 46.8 Å². The number of aliphatic hydroxyl groups is 1. The molecule has 8 heteroatoms. The number of aromatic amines is 1. The zero-order valence-corrected chi connectivity index (χ0v) is 14.2. The number of hydrogen-bond donors (Lipinski definition) is 3. The molecule has 1 aliphatic rings. The van der Waals surface area contributed by atoms with Crippen molar-refractivity contribution in [2.45, 2.75) is 38.1 Å². The van der Waals surface area contributed by atoms with Gasteiger partial charge >= 0.3 is 0 Å². The van der Waals surface area contributed by atoms with Crippen molar-refractivity contribution in [3.63, 3.8) is 0 Å². The van der Waals surface area contributed by atoms with Crippen LogP contribution in [0.5, 0.6) is 0 Å². The van der Waals surface area contributed by atoms with Gasteiger partial charge in [0.25, 0.3) is 0 Å². The van der Waals surface area contributed by atoms with Gasteiger partial charge in [0.2, 0.25) is 0 Å². The maximum atomic E-state index is 10.4. The van der Waals surface area contributed by atoms with Crippen molar-refractivity contribution in [2.75, 3.05) is 0 Å². The largest absolute Gasteiger partial charge is 0.391 e. The molecule has 3 heterocycles. The van der Waals surface area contributed by atoms with Crippen LogP contribution in [-0.2, 0) is 20.1 Å². The monoisotopic (exact) mass is 341 g/mol. The molecule has 1 aliphatic carbocycles. The van der Waals surface area contributed by atoms with Gasteiger partial charge in [-0.3, -0.25) is 9.78 Å². The van der Waals surface area contributed by atoms with Crippen LogP contribution in [0.1, 0.15) is 18.4 Å². The molecule has 0 radical (unpaired) electrons. The van der Waals surface area contributed by atoms with Crippen molar-refractivity contribution >= 4 is 0 Å². The predicted octanol–water partition coefficient (Wildman–Crippen LogP) is 0.936. The van der Waals surface area contributed by atoms with Crippen LogP contribution >= 0.6 is 0 Å². The summed E-state index contributed by atoms with van der Waals surface area (Å²) in [4.78, 5) is 4.08. The zero-order chi connectivity index (χ0) is 17.2. The van der Waals surface area contributed by atoms with E-state index < -0.39 is 0 Å². The molecule has 25 heavy (non-hydrogen) atoms. The summed E-state index contributed by atoms with van der Waals surface area (Å²) in [6, 6.07) is 2.06. The van der Waals surface area contributed by atoms with Crippen LogP contribution in [0.15, 0.2) is 37.2 Å². The van der Waals surface area contributed by atoms with E-state index in [0.717, 1.165) is 36.3 Å². The Labute approximate surface area is 145 Å². The second kappa shape index (κ2) is 6.81. The average molecular weight is 341 g/mol. The third-order valence-electron chi connectivity index (χ3n) is 4.90. The van der Waals surface area contributed by atoms with Gasteiger partial charge in [0.1, 0.15) is 5.69 Å². The second-order valence-corrected chi connectivity index (χ2v) is 6.80. The molecule has 3 aromatic rings. The van der Waals surface area contributed by atoms with Gasteiger partial charge in [-0.15, -0.1) is 0 Å². The number of rotatable bonds is 6. The molecule has 0 spiro atoms. The summed E-state index contributed by atoms with van der Waals surface area (Å²) in [5.41, 5.74) is 2.86. The number of aliphatic hydroxyl groups excluding tert-OH is 1. The standard InChI is InChI=1S/C17H23N7O/c1-23-4-2-14(22-23)17-13(9-20-21-17)8-19-15-6-12(7-16(15)25)10-24-5-3-18-11-24/h2-5,9,11-12,15-16,19,25H,6-8,10H2,1H3,(H,20,21)/t12?,15-,16-/m1/s1. The lowest BCUT2D eigenvalue weighted by Gasteiger charge is -2.16. The number of nitrogens with one attached hydrogen (secondary N) is 2. The van der Waals surface area contributed by atoms with Crippen molar-refractivity contribution in [1.29, 1.82) is 0 Å². The molecule has 3 atom stereocenters. The number of imidazole rings is 1. The Morgan fingerprint density at radius 2 is 2.28 bits per heavy atom. The lowest BCUT2D eigenvalue weighted by molar-refractivity contribution is 0.145. The third-order valence-corrected chi connectivity index (χ3v) is 4.90. The Morgan fingerprint density at radius 1 is 1.36 bits per heavy atom. The normalized spacial score (nSPS) is 23.4. The first-order valence-corrected chi connectivity index (χ1v) is 8.58. The minimum Gasteiger partial charge on any atom is -0.391 e. The molecular weight excluding hydrogens is 318 g/mol.